The van der Waals surface area contributed by atoms with Crippen LogP contribution in [0.2, 0.25) is 0 Å². The van der Waals surface area contributed by atoms with Crippen LogP contribution in [0.5, 0.6) is 0 Å². The van der Waals surface area contributed by atoms with E-state index in [0.29, 0.717) is 12.4 Å². The second-order valence-electron chi connectivity index (χ2n) is 6.48. The number of rotatable bonds is 5. The molecular formula is C20H23N3O2. The topological polar surface area (TPSA) is 62.3 Å². The molecule has 2 aromatic rings. The summed E-state index contributed by atoms with van der Waals surface area (Å²) in [5, 5.41) is 2.81. The summed E-state index contributed by atoms with van der Waals surface area (Å²) < 4.78 is 0. The number of carbonyl (C=O) groups is 2. The van der Waals surface area contributed by atoms with Crippen molar-refractivity contribution in [3.8, 4) is 0 Å². The highest BCUT2D eigenvalue weighted by Crippen LogP contribution is 2.26. The van der Waals surface area contributed by atoms with E-state index in [4.69, 9.17) is 0 Å². The number of aromatic nitrogens is 1. The predicted molar refractivity (Wildman–Crippen MR) is 98.5 cm³/mol. The third kappa shape index (κ3) is 4.05. The molecule has 25 heavy (non-hydrogen) atoms. The van der Waals surface area contributed by atoms with E-state index in [2.05, 4.69) is 29.4 Å². The second-order valence-corrected chi connectivity index (χ2v) is 6.48. The molecule has 5 nitrogen and oxygen atoms in total. The van der Waals surface area contributed by atoms with Crippen molar-refractivity contribution in [1.29, 1.82) is 0 Å². The summed E-state index contributed by atoms with van der Waals surface area (Å²) in [6.07, 6.45) is 2.36. The Hall–Kier alpha value is -2.69. The van der Waals surface area contributed by atoms with Crippen molar-refractivity contribution in [2.45, 2.75) is 33.1 Å². The van der Waals surface area contributed by atoms with Crippen LogP contribution in [0.4, 0.5) is 11.5 Å². The zero-order chi connectivity index (χ0) is 17.8. The van der Waals surface area contributed by atoms with E-state index < -0.39 is 0 Å². The molecule has 0 aliphatic carbocycles. The Bertz CT molecular complexity index is 771. The maximum Gasteiger partial charge on any atom is 0.230 e. The number of carbonyl (C=O) groups excluding carboxylic acids is 2. The van der Waals surface area contributed by atoms with Gasteiger partial charge in [-0.15, -0.1) is 0 Å². The van der Waals surface area contributed by atoms with E-state index >= 15 is 0 Å². The Morgan fingerprint density at radius 3 is 2.68 bits per heavy atom. The highest BCUT2D eigenvalue weighted by atomic mass is 16.2. The van der Waals surface area contributed by atoms with Crippen LogP contribution >= 0.6 is 0 Å². The van der Waals surface area contributed by atoms with Gasteiger partial charge in [0.25, 0.3) is 0 Å². The van der Waals surface area contributed by atoms with Gasteiger partial charge in [-0.25, -0.2) is 4.98 Å². The molecule has 0 spiro atoms. The molecular weight excluding hydrogens is 314 g/mol. The minimum Gasteiger partial charge on any atom is -0.312 e. The Kier molecular flexibility index (Phi) is 5.12. The van der Waals surface area contributed by atoms with Crippen LogP contribution in [0.3, 0.4) is 0 Å². The molecule has 2 amide bonds. The molecule has 1 aliphatic rings. The summed E-state index contributed by atoms with van der Waals surface area (Å²) >= 11 is 0. The Labute approximate surface area is 148 Å². The van der Waals surface area contributed by atoms with Gasteiger partial charge < -0.3 is 10.2 Å². The molecule has 0 radical (unpaired) electrons. The smallest absolute Gasteiger partial charge is 0.230 e. The van der Waals surface area contributed by atoms with Gasteiger partial charge in [-0.05, 0) is 43.2 Å². The fraction of sp³-hybridized carbons (Fsp3) is 0.350. The molecule has 130 valence electrons. The highest BCUT2D eigenvalue weighted by Gasteiger charge is 2.35. The first-order valence-electron chi connectivity index (χ1n) is 8.70. The number of pyridine rings is 1. The summed E-state index contributed by atoms with van der Waals surface area (Å²) in [6.45, 7) is 4.42. The molecule has 2 heterocycles. The van der Waals surface area contributed by atoms with E-state index in [1.54, 1.807) is 11.0 Å². The van der Waals surface area contributed by atoms with Gasteiger partial charge in [-0.3, -0.25) is 9.59 Å². The molecule has 3 rings (SSSR count). The quantitative estimate of drug-likeness (QED) is 0.910. The summed E-state index contributed by atoms with van der Waals surface area (Å²) in [5.41, 5.74) is 2.96. The Morgan fingerprint density at radius 1 is 1.24 bits per heavy atom. The second kappa shape index (κ2) is 7.47. The molecule has 1 aromatic carbocycles. The van der Waals surface area contributed by atoms with Crippen LogP contribution in [-0.4, -0.2) is 23.3 Å². The van der Waals surface area contributed by atoms with Crippen molar-refractivity contribution in [3.05, 3.63) is 53.7 Å². The minimum atomic E-state index is -0.356. The number of anilines is 2. The monoisotopic (exact) mass is 337 g/mol. The van der Waals surface area contributed by atoms with Crippen molar-refractivity contribution in [2.24, 2.45) is 5.92 Å². The van der Waals surface area contributed by atoms with Gasteiger partial charge >= 0.3 is 0 Å². The lowest BCUT2D eigenvalue weighted by atomic mass is 10.1. The average molecular weight is 337 g/mol. The van der Waals surface area contributed by atoms with E-state index in [1.807, 2.05) is 31.2 Å². The molecule has 1 N–H and O–H groups in total. The summed E-state index contributed by atoms with van der Waals surface area (Å²) in [7, 11) is 0. The van der Waals surface area contributed by atoms with Crippen molar-refractivity contribution >= 4 is 23.3 Å². The van der Waals surface area contributed by atoms with Crippen LogP contribution in [0.1, 0.15) is 31.0 Å². The van der Waals surface area contributed by atoms with Crippen LogP contribution in [-0.2, 0) is 16.0 Å². The predicted octanol–water partition coefficient (Wildman–Crippen LogP) is 3.33. The lowest BCUT2D eigenvalue weighted by Gasteiger charge is -2.17. The molecule has 1 saturated heterocycles. The van der Waals surface area contributed by atoms with Crippen molar-refractivity contribution in [1.82, 2.24) is 4.98 Å². The van der Waals surface area contributed by atoms with Crippen LogP contribution < -0.4 is 10.2 Å². The summed E-state index contributed by atoms with van der Waals surface area (Å²) in [5.74, 6) is 0.00194. The molecule has 0 bridgehead atoms. The fourth-order valence-electron chi connectivity index (χ4n) is 3.10. The first-order chi connectivity index (χ1) is 12.1. The largest absolute Gasteiger partial charge is 0.312 e. The summed E-state index contributed by atoms with van der Waals surface area (Å²) in [4.78, 5) is 30.8. The molecule has 1 atom stereocenters. The highest BCUT2D eigenvalue weighted by molar-refractivity contribution is 6.03. The van der Waals surface area contributed by atoms with Crippen molar-refractivity contribution in [2.75, 3.05) is 16.8 Å². The van der Waals surface area contributed by atoms with Gasteiger partial charge in [-0.2, -0.15) is 0 Å². The maximum atomic E-state index is 12.5. The third-order valence-electron chi connectivity index (χ3n) is 4.42. The van der Waals surface area contributed by atoms with Gasteiger partial charge in [0, 0.05) is 24.3 Å². The van der Waals surface area contributed by atoms with Crippen molar-refractivity contribution in [3.63, 3.8) is 0 Å². The summed E-state index contributed by atoms with van der Waals surface area (Å²) in [6, 6.07) is 13.5. The van der Waals surface area contributed by atoms with Crippen LogP contribution in [0, 0.1) is 12.8 Å². The molecule has 5 heteroatoms. The minimum absolute atomic E-state index is 0.0133. The van der Waals surface area contributed by atoms with Gasteiger partial charge in [0.15, 0.2) is 0 Å². The SMILES string of the molecule is CCCc1ccc(N2C[C@H](C(=O)Nc3cccc(C)n3)CC2=O)cc1. The Morgan fingerprint density at radius 2 is 2.00 bits per heavy atom. The zero-order valence-corrected chi connectivity index (χ0v) is 14.7. The normalized spacial score (nSPS) is 17.0. The number of hydrogen-bond donors (Lipinski definition) is 1. The number of hydrogen-bond acceptors (Lipinski definition) is 3. The number of nitrogens with zero attached hydrogens (tertiary/aromatic N) is 2. The fourth-order valence-corrected chi connectivity index (χ4v) is 3.10. The van der Waals surface area contributed by atoms with Crippen LogP contribution in [0.15, 0.2) is 42.5 Å². The lowest BCUT2D eigenvalue weighted by molar-refractivity contribution is -0.122. The lowest BCUT2D eigenvalue weighted by Crippen LogP contribution is -2.28. The standard InChI is InChI=1S/C20H23N3O2/c1-3-5-15-8-10-17(11-9-15)23-13-16(12-19(23)24)20(25)22-18-7-4-6-14(2)21-18/h4,6-11,16H,3,5,12-13H2,1-2H3,(H,21,22,25)/t16-/m1/s1. The van der Waals surface area contributed by atoms with Gasteiger partial charge in [0.05, 0.1) is 5.92 Å². The zero-order valence-electron chi connectivity index (χ0n) is 14.7. The van der Waals surface area contributed by atoms with E-state index in [1.165, 1.54) is 5.56 Å². The first-order valence-corrected chi connectivity index (χ1v) is 8.70. The average Bonchev–Trinajstić information content (AvgIpc) is 2.98. The van der Waals surface area contributed by atoms with Gasteiger partial charge in [0.2, 0.25) is 11.8 Å². The van der Waals surface area contributed by atoms with E-state index in [-0.39, 0.29) is 24.2 Å². The number of aryl methyl sites for hydroxylation is 2. The number of benzene rings is 1. The molecule has 1 fully saturated rings. The molecule has 0 unspecified atom stereocenters. The molecule has 0 saturated carbocycles. The number of nitrogens with one attached hydrogen (secondary N) is 1. The van der Waals surface area contributed by atoms with E-state index in [0.717, 1.165) is 24.2 Å². The third-order valence-corrected chi connectivity index (χ3v) is 4.42. The first kappa shape index (κ1) is 17.1. The van der Waals surface area contributed by atoms with Gasteiger partial charge in [-0.1, -0.05) is 31.5 Å². The Balaban J connectivity index is 1.66. The molecule has 1 aromatic heterocycles. The maximum absolute atomic E-state index is 12.5. The van der Waals surface area contributed by atoms with E-state index in [9.17, 15) is 9.59 Å². The van der Waals surface area contributed by atoms with Crippen LogP contribution in [0.25, 0.3) is 0 Å². The number of amides is 2. The van der Waals surface area contributed by atoms with Crippen molar-refractivity contribution < 1.29 is 9.59 Å². The molecule has 1 aliphatic heterocycles. The van der Waals surface area contributed by atoms with Gasteiger partial charge in [0.1, 0.15) is 5.82 Å².